The second kappa shape index (κ2) is 5.85. The molecule has 22 heavy (non-hydrogen) atoms. The van der Waals surface area contributed by atoms with Crippen molar-refractivity contribution >= 4 is 16.7 Å². The molecule has 0 saturated carbocycles. The molecule has 3 aromatic rings. The maximum atomic E-state index is 12.3. The van der Waals surface area contributed by atoms with Crippen LogP contribution in [0, 0.1) is 6.92 Å². The molecule has 0 N–H and O–H groups in total. The molecule has 0 unspecified atom stereocenters. The lowest BCUT2D eigenvalue weighted by molar-refractivity contribution is 0.0432. The van der Waals surface area contributed by atoms with Crippen LogP contribution < -0.4 is 4.74 Å². The Labute approximate surface area is 126 Å². The molecular weight excluding hydrogens is 284 g/mol. The molecule has 0 fully saturated rings. The zero-order valence-corrected chi connectivity index (χ0v) is 12.2. The summed E-state index contributed by atoms with van der Waals surface area (Å²) in [6, 6.07) is 10.9. The number of aryl methyl sites for hydroxylation is 1. The summed E-state index contributed by atoms with van der Waals surface area (Å²) in [6.07, 6.45) is 0. The number of methoxy groups -OCH3 is 1. The van der Waals surface area contributed by atoms with Gasteiger partial charge in [0.2, 0.25) is 0 Å². The van der Waals surface area contributed by atoms with Gasteiger partial charge in [0.15, 0.2) is 12.4 Å². The molecule has 1 heterocycles. The van der Waals surface area contributed by atoms with Crippen LogP contribution in [0.5, 0.6) is 5.75 Å². The van der Waals surface area contributed by atoms with E-state index in [1.807, 2.05) is 24.3 Å². The first-order valence-corrected chi connectivity index (χ1v) is 6.71. The van der Waals surface area contributed by atoms with Gasteiger partial charge >= 0.3 is 5.97 Å². The van der Waals surface area contributed by atoms with Gasteiger partial charge in [-0.1, -0.05) is 29.4 Å². The number of carbonyl (C=O) groups excluding carboxylic acids is 1. The largest absolute Gasteiger partial charge is 0.496 e. The van der Waals surface area contributed by atoms with Gasteiger partial charge in [-0.25, -0.2) is 4.79 Å². The van der Waals surface area contributed by atoms with Crippen molar-refractivity contribution in [2.24, 2.45) is 0 Å². The van der Waals surface area contributed by atoms with Gasteiger partial charge in [-0.3, -0.25) is 0 Å². The smallest absolute Gasteiger partial charge is 0.339 e. The molecule has 1 aromatic heterocycles. The van der Waals surface area contributed by atoms with Gasteiger partial charge in [0.05, 0.1) is 12.7 Å². The van der Waals surface area contributed by atoms with E-state index in [0.717, 1.165) is 10.8 Å². The lowest BCUT2D eigenvalue weighted by Crippen LogP contribution is -2.06. The molecule has 3 rings (SSSR count). The van der Waals surface area contributed by atoms with Crippen molar-refractivity contribution in [1.82, 2.24) is 10.1 Å². The topological polar surface area (TPSA) is 74.5 Å². The number of hydrogen-bond acceptors (Lipinski definition) is 6. The third-order valence-corrected chi connectivity index (χ3v) is 3.22. The molecule has 112 valence electrons. The highest BCUT2D eigenvalue weighted by Crippen LogP contribution is 2.28. The number of rotatable bonds is 4. The number of carbonyl (C=O) groups is 1. The molecule has 0 radical (unpaired) electrons. The standard InChI is InChI=1S/C16H14N2O4/c1-10-17-15(22-18-10)9-21-16(19)13-7-8-14(20-2)12-6-4-3-5-11(12)13/h3-8H,9H2,1-2H3. The Hall–Kier alpha value is -2.89. The summed E-state index contributed by atoms with van der Waals surface area (Å²) in [5.74, 6) is 1.03. The average Bonchev–Trinajstić information content (AvgIpc) is 2.97. The number of ether oxygens (including phenoxy) is 2. The minimum atomic E-state index is -0.449. The molecule has 0 bridgehead atoms. The fraction of sp³-hybridized carbons (Fsp3) is 0.188. The second-order valence-electron chi connectivity index (χ2n) is 4.67. The van der Waals surface area contributed by atoms with E-state index in [-0.39, 0.29) is 12.5 Å². The summed E-state index contributed by atoms with van der Waals surface area (Å²) in [5, 5.41) is 5.27. The molecule has 0 atom stereocenters. The van der Waals surface area contributed by atoms with Crippen LogP contribution >= 0.6 is 0 Å². The van der Waals surface area contributed by atoms with Gasteiger partial charge in [-0.2, -0.15) is 4.98 Å². The highest BCUT2D eigenvalue weighted by molar-refractivity contribution is 6.06. The number of esters is 1. The van der Waals surface area contributed by atoms with Crippen LogP contribution in [0.15, 0.2) is 40.9 Å². The number of hydrogen-bond donors (Lipinski definition) is 0. The lowest BCUT2D eigenvalue weighted by Gasteiger charge is -2.09. The zero-order valence-electron chi connectivity index (χ0n) is 12.2. The average molecular weight is 298 g/mol. The Bertz CT molecular complexity index is 826. The van der Waals surface area contributed by atoms with Gasteiger partial charge in [0.25, 0.3) is 5.89 Å². The van der Waals surface area contributed by atoms with E-state index in [4.69, 9.17) is 14.0 Å². The van der Waals surface area contributed by atoms with Crippen molar-refractivity contribution in [3.63, 3.8) is 0 Å². The minimum Gasteiger partial charge on any atom is -0.496 e. The highest BCUT2D eigenvalue weighted by atomic mass is 16.6. The molecule has 0 saturated heterocycles. The number of fused-ring (bicyclic) bond motifs is 1. The molecule has 2 aromatic carbocycles. The molecule has 0 amide bonds. The SMILES string of the molecule is COc1ccc(C(=O)OCc2nc(C)no2)c2ccccc12. The first-order valence-electron chi connectivity index (χ1n) is 6.71. The van der Waals surface area contributed by atoms with Crippen LogP contribution in [0.1, 0.15) is 22.1 Å². The van der Waals surface area contributed by atoms with E-state index in [0.29, 0.717) is 17.1 Å². The van der Waals surface area contributed by atoms with Crippen LogP contribution in [0.2, 0.25) is 0 Å². The van der Waals surface area contributed by atoms with Crippen LogP contribution in [0.4, 0.5) is 0 Å². The van der Waals surface area contributed by atoms with Crippen molar-refractivity contribution in [2.75, 3.05) is 7.11 Å². The Morgan fingerprint density at radius 3 is 2.64 bits per heavy atom. The normalized spacial score (nSPS) is 10.6. The Balaban J connectivity index is 1.88. The zero-order chi connectivity index (χ0) is 15.5. The predicted octanol–water partition coefficient (Wildman–Crippen LogP) is 2.90. The lowest BCUT2D eigenvalue weighted by atomic mass is 10.0. The van der Waals surface area contributed by atoms with Gasteiger partial charge in [-0.15, -0.1) is 0 Å². The first kappa shape index (κ1) is 14.1. The van der Waals surface area contributed by atoms with Crippen LogP contribution in [0.3, 0.4) is 0 Å². The molecule has 0 aliphatic carbocycles. The first-order chi connectivity index (χ1) is 10.7. The van der Waals surface area contributed by atoms with Crippen LogP contribution in [-0.2, 0) is 11.3 Å². The predicted molar refractivity (Wildman–Crippen MR) is 78.7 cm³/mol. The van der Waals surface area contributed by atoms with Crippen molar-refractivity contribution < 1.29 is 18.8 Å². The van der Waals surface area contributed by atoms with Gasteiger partial charge in [-0.05, 0) is 24.4 Å². The van der Waals surface area contributed by atoms with E-state index in [1.165, 1.54) is 0 Å². The molecule has 0 aliphatic rings. The Morgan fingerprint density at radius 1 is 1.18 bits per heavy atom. The van der Waals surface area contributed by atoms with E-state index >= 15 is 0 Å². The third-order valence-electron chi connectivity index (χ3n) is 3.22. The van der Waals surface area contributed by atoms with Crippen molar-refractivity contribution in [3.05, 3.63) is 53.7 Å². The van der Waals surface area contributed by atoms with Crippen LogP contribution in [-0.4, -0.2) is 23.2 Å². The molecule has 0 spiro atoms. The molecule has 6 nitrogen and oxygen atoms in total. The van der Waals surface area contributed by atoms with Gasteiger partial charge < -0.3 is 14.0 Å². The van der Waals surface area contributed by atoms with Crippen molar-refractivity contribution in [2.45, 2.75) is 13.5 Å². The van der Waals surface area contributed by atoms with Gasteiger partial charge in [0, 0.05) is 5.39 Å². The summed E-state index contributed by atoms with van der Waals surface area (Å²) in [6.45, 7) is 1.64. The maximum absolute atomic E-state index is 12.3. The highest BCUT2D eigenvalue weighted by Gasteiger charge is 2.15. The number of benzene rings is 2. The van der Waals surface area contributed by atoms with Crippen LogP contribution in [0.25, 0.3) is 10.8 Å². The van der Waals surface area contributed by atoms with Crippen molar-refractivity contribution in [3.8, 4) is 5.75 Å². The van der Waals surface area contributed by atoms with E-state index < -0.39 is 5.97 Å². The molecule has 6 heteroatoms. The van der Waals surface area contributed by atoms with E-state index in [9.17, 15) is 4.79 Å². The van der Waals surface area contributed by atoms with Gasteiger partial charge in [0.1, 0.15) is 5.75 Å². The Morgan fingerprint density at radius 2 is 1.95 bits per heavy atom. The van der Waals surface area contributed by atoms with E-state index in [2.05, 4.69) is 10.1 Å². The third kappa shape index (κ3) is 2.63. The maximum Gasteiger partial charge on any atom is 0.339 e. The summed E-state index contributed by atoms with van der Waals surface area (Å²) in [5.41, 5.74) is 0.465. The summed E-state index contributed by atoms with van der Waals surface area (Å²) in [4.78, 5) is 16.3. The number of nitrogens with zero attached hydrogens (tertiary/aromatic N) is 2. The molecule has 0 aliphatic heterocycles. The van der Waals surface area contributed by atoms with Crippen molar-refractivity contribution in [1.29, 1.82) is 0 Å². The monoisotopic (exact) mass is 298 g/mol. The number of aromatic nitrogens is 2. The molecular formula is C16H14N2O4. The fourth-order valence-electron chi connectivity index (χ4n) is 2.23. The summed E-state index contributed by atoms with van der Waals surface area (Å²) >= 11 is 0. The second-order valence-corrected chi connectivity index (χ2v) is 4.67. The summed E-state index contributed by atoms with van der Waals surface area (Å²) in [7, 11) is 1.59. The fourth-order valence-corrected chi connectivity index (χ4v) is 2.23. The Kier molecular flexibility index (Phi) is 3.74. The van der Waals surface area contributed by atoms with E-state index in [1.54, 1.807) is 26.2 Å². The minimum absolute atomic E-state index is 0.0555. The summed E-state index contributed by atoms with van der Waals surface area (Å²) < 4.78 is 15.5. The quantitative estimate of drug-likeness (QED) is 0.689.